The highest BCUT2D eigenvalue weighted by Crippen LogP contribution is 2.30. The summed E-state index contributed by atoms with van der Waals surface area (Å²) in [6, 6.07) is 2.14. The fraction of sp³-hybridized carbons (Fsp3) is 0.480. The van der Waals surface area contributed by atoms with Crippen molar-refractivity contribution in [3.05, 3.63) is 59.7 Å². The Labute approximate surface area is 220 Å². The molecule has 1 aliphatic rings. The van der Waals surface area contributed by atoms with Crippen LogP contribution in [0.2, 0.25) is 0 Å². The van der Waals surface area contributed by atoms with Crippen LogP contribution >= 0.6 is 0 Å². The maximum atomic E-state index is 14.4. The van der Waals surface area contributed by atoms with Crippen molar-refractivity contribution in [2.24, 2.45) is 5.92 Å². The smallest absolute Gasteiger partial charge is 0.304 e. The molecule has 2 heterocycles. The first-order valence-electron chi connectivity index (χ1n) is 12.3. The van der Waals surface area contributed by atoms with E-state index in [9.17, 15) is 31.2 Å². The second-order valence-corrected chi connectivity index (χ2v) is 11.5. The predicted octanol–water partition coefficient (Wildman–Crippen LogP) is 2.88. The first-order chi connectivity index (χ1) is 17.9. The SMILES string of the molecule is CC(C)CC(NC(=O)C1CCCCN1S(=O)(=O)N(C)c1c(F)cc(F)cc1F)C(=O)NCc1cccnc1. The summed E-state index contributed by atoms with van der Waals surface area (Å²) in [5.74, 6) is -5.07. The molecule has 0 spiro atoms. The number of anilines is 1. The van der Waals surface area contributed by atoms with Gasteiger partial charge >= 0.3 is 10.2 Å². The molecule has 1 saturated heterocycles. The minimum atomic E-state index is -4.60. The molecular weight excluding hydrogens is 523 g/mol. The minimum Gasteiger partial charge on any atom is -0.350 e. The van der Waals surface area contributed by atoms with Gasteiger partial charge in [0.2, 0.25) is 11.8 Å². The zero-order chi connectivity index (χ0) is 28.0. The molecule has 38 heavy (non-hydrogen) atoms. The standard InChI is InChI=1S/C25H32F3N5O4S/c1-16(2)11-21(24(34)30-15-17-7-6-9-29-14-17)31-25(35)22-8-4-5-10-33(22)38(36,37)32(3)23-19(27)12-18(26)13-20(23)28/h6-7,9,12-14,16,21-22H,4-5,8,10-11,15H2,1-3H3,(H,30,34)(H,31,35). The van der Waals surface area contributed by atoms with Crippen molar-refractivity contribution in [1.29, 1.82) is 0 Å². The van der Waals surface area contributed by atoms with Crippen LogP contribution in [0.15, 0.2) is 36.7 Å². The number of carbonyl (C=O) groups is 2. The van der Waals surface area contributed by atoms with E-state index >= 15 is 0 Å². The Morgan fingerprint density at radius 3 is 2.47 bits per heavy atom. The highest BCUT2D eigenvalue weighted by atomic mass is 32.2. The largest absolute Gasteiger partial charge is 0.350 e. The molecule has 13 heteroatoms. The molecule has 1 fully saturated rings. The van der Waals surface area contributed by atoms with Crippen LogP contribution in [0.1, 0.15) is 45.1 Å². The van der Waals surface area contributed by atoms with Gasteiger partial charge in [-0.05, 0) is 36.8 Å². The molecule has 2 N–H and O–H groups in total. The lowest BCUT2D eigenvalue weighted by molar-refractivity contribution is -0.132. The van der Waals surface area contributed by atoms with Gasteiger partial charge in [0.25, 0.3) is 0 Å². The third-order valence-electron chi connectivity index (χ3n) is 6.22. The lowest BCUT2D eigenvalue weighted by Gasteiger charge is -2.37. The van der Waals surface area contributed by atoms with Crippen molar-refractivity contribution in [1.82, 2.24) is 19.9 Å². The number of nitrogens with one attached hydrogen (secondary N) is 2. The van der Waals surface area contributed by atoms with Crippen molar-refractivity contribution in [2.45, 2.75) is 58.2 Å². The molecule has 2 aromatic rings. The lowest BCUT2D eigenvalue weighted by atomic mass is 10.0. The second-order valence-electron chi connectivity index (χ2n) is 9.59. The summed E-state index contributed by atoms with van der Waals surface area (Å²) in [5, 5.41) is 5.44. The van der Waals surface area contributed by atoms with Gasteiger partial charge in [0.15, 0.2) is 11.6 Å². The molecule has 3 rings (SSSR count). The van der Waals surface area contributed by atoms with Gasteiger partial charge in [-0.15, -0.1) is 0 Å². The maximum Gasteiger partial charge on any atom is 0.304 e. The number of carbonyl (C=O) groups excluding carboxylic acids is 2. The van der Waals surface area contributed by atoms with E-state index in [1.165, 1.54) is 0 Å². The Bertz CT molecular complexity index is 1220. The molecule has 2 amide bonds. The van der Waals surface area contributed by atoms with Crippen molar-refractivity contribution < 1.29 is 31.2 Å². The van der Waals surface area contributed by atoms with Crippen molar-refractivity contribution >= 4 is 27.7 Å². The van der Waals surface area contributed by atoms with E-state index in [1.807, 2.05) is 13.8 Å². The van der Waals surface area contributed by atoms with Gasteiger partial charge in [-0.3, -0.25) is 18.9 Å². The highest BCUT2D eigenvalue weighted by Gasteiger charge is 2.41. The fourth-order valence-electron chi connectivity index (χ4n) is 4.34. The molecule has 1 aromatic heterocycles. The second kappa shape index (κ2) is 12.6. The number of aromatic nitrogens is 1. The van der Waals surface area contributed by atoms with Crippen molar-refractivity contribution in [2.75, 3.05) is 17.9 Å². The Kier molecular flexibility index (Phi) is 9.71. The van der Waals surface area contributed by atoms with E-state index in [0.717, 1.165) is 16.9 Å². The Morgan fingerprint density at radius 1 is 1.18 bits per heavy atom. The summed E-state index contributed by atoms with van der Waals surface area (Å²) < 4.78 is 70.1. The zero-order valence-electron chi connectivity index (χ0n) is 21.5. The third kappa shape index (κ3) is 7.01. The van der Waals surface area contributed by atoms with E-state index in [1.54, 1.807) is 24.5 Å². The number of pyridine rings is 1. The van der Waals surface area contributed by atoms with Gasteiger partial charge in [-0.25, -0.2) is 13.2 Å². The summed E-state index contributed by atoms with van der Waals surface area (Å²) in [4.78, 5) is 30.3. The van der Waals surface area contributed by atoms with Crippen LogP contribution in [0.4, 0.5) is 18.9 Å². The van der Waals surface area contributed by atoms with Crippen LogP contribution in [0.5, 0.6) is 0 Å². The molecule has 2 atom stereocenters. The van der Waals surface area contributed by atoms with Gasteiger partial charge in [0.05, 0.1) is 0 Å². The van der Waals surface area contributed by atoms with E-state index in [4.69, 9.17) is 0 Å². The summed E-state index contributed by atoms with van der Waals surface area (Å²) in [5.41, 5.74) is -0.188. The average molecular weight is 556 g/mol. The van der Waals surface area contributed by atoms with Gasteiger partial charge in [0, 0.05) is 44.7 Å². The number of piperidine rings is 1. The Balaban J connectivity index is 1.80. The van der Waals surface area contributed by atoms with Crippen LogP contribution in [0.25, 0.3) is 0 Å². The number of benzene rings is 1. The number of nitrogens with zero attached hydrogens (tertiary/aromatic N) is 3. The molecule has 1 aliphatic heterocycles. The zero-order valence-corrected chi connectivity index (χ0v) is 22.3. The predicted molar refractivity (Wildman–Crippen MR) is 135 cm³/mol. The molecule has 0 bridgehead atoms. The van der Waals surface area contributed by atoms with Gasteiger partial charge < -0.3 is 10.6 Å². The molecule has 0 saturated carbocycles. The van der Waals surface area contributed by atoms with Gasteiger partial charge in [-0.1, -0.05) is 26.3 Å². The quantitative estimate of drug-likeness (QED) is 0.468. The molecule has 2 unspecified atom stereocenters. The third-order valence-corrected chi connectivity index (χ3v) is 8.13. The first kappa shape index (κ1) is 29.4. The molecule has 208 valence electrons. The molecular formula is C25H32F3N5O4S. The van der Waals surface area contributed by atoms with E-state index in [2.05, 4.69) is 15.6 Å². The molecule has 9 nitrogen and oxygen atoms in total. The number of amides is 2. The van der Waals surface area contributed by atoms with Crippen LogP contribution in [0, 0.1) is 23.4 Å². The van der Waals surface area contributed by atoms with Gasteiger partial charge in [-0.2, -0.15) is 12.7 Å². The topological polar surface area (TPSA) is 112 Å². The highest BCUT2D eigenvalue weighted by molar-refractivity contribution is 7.90. The molecule has 0 radical (unpaired) electrons. The average Bonchev–Trinajstić information content (AvgIpc) is 2.86. The maximum absolute atomic E-state index is 14.4. The van der Waals surface area contributed by atoms with Crippen molar-refractivity contribution in [3.8, 4) is 0 Å². The summed E-state index contributed by atoms with van der Waals surface area (Å²) in [6.45, 7) is 3.88. The normalized spacial score (nSPS) is 17.2. The molecule has 1 aromatic carbocycles. The van der Waals surface area contributed by atoms with E-state index < -0.39 is 57.2 Å². The number of rotatable bonds is 10. The minimum absolute atomic E-state index is 0.0335. The van der Waals surface area contributed by atoms with E-state index in [-0.39, 0.29) is 25.4 Å². The summed E-state index contributed by atoms with van der Waals surface area (Å²) in [6.07, 6.45) is 4.62. The Morgan fingerprint density at radius 2 is 1.87 bits per heavy atom. The molecule has 0 aliphatic carbocycles. The lowest BCUT2D eigenvalue weighted by Crippen LogP contribution is -2.58. The number of hydrogen-bond donors (Lipinski definition) is 2. The summed E-state index contributed by atoms with van der Waals surface area (Å²) in [7, 11) is -3.66. The van der Waals surface area contributed by atoms with Crippen LogP contribution in [0.3, 0.4) is 0 Å². The fourth-order valence-corrected chi connectivity index (χ4v) is 5.94. The van der Waals surface area contributed by atoms with E-state index in [0.29, 0.717) is 35.7 Å². The van der Waals surface area contributed by atoms with Crippen LogP contribution < -0.4 is 14.9 Å². The first-order valence-corrected chi connectivity index (χ1v) is 13.7. The number of hydrogen-bond acceptors (Lipinski definition) is 5. The van der Waals surface area contributed by atoms with Crippen molar-refractivity contribution in [3.63, 3.8) is 0 Å². The summed E-state index contributed by atoms with van der Waals surface area (Å²) >= 11 is 0. The van der Waals surface area contributed by atoms with Gasteiger partial charge in [0.1, 0.15) is 23.6 Å². The monoisotopic (exact) mass is 555 g/mol. The van der Waals surface area contributed by atoms with Crippen LogP contribution in [-0.4, -0.2) is 55.2 Å². The number of halogens is 3. The Hall–Kier alpha value is -3.19. The van der Waals surface area contributed by atoms with Crippen LogP contribution in [-0.2, 0) is 26.3 Å².